The summed E-state index contributed by atoms with van der Waals surface area (Å²) < 4.78 is 0. The highest BCUT2D eigenvalue weighted by Gasteiger charge is 2.26. The lowest BCUT2D eigenvalue weighted by Gasteiger charge is -2.31. The number of nitrogens with one attached hydrogen (secondary N) is 1. The minimum absolute atomic E-state index is 0.320. The van der Waals surface area contributed by atoms with E-state index in [4.69, 9.17) is 28.3 Å². The summed E-state index contributed by atoms with van der Waals surface area (Å²) in [6.07, 6.45) is 2.54. The molecule has 11 heteroatoms. The Hall–Kier alpha value is -2.20. The molecule has 156 valence electrons. The summed E-state index contributed by atoms with van der Waals surface area (Å²) in [5.41, 5.74) is 1.07. The number of carbonyl (C=O) groups is 2. The summed E-state index contributed by atoms with van der Waals surface area (Å²) in [6.45, 7) is 1.12. The monoisotopic (exact) mass is 482 g/mol. The molecular weight excluding hydrogens is 467 g/mol. The SMILES string of the molecule is O=C(Nc1nc(-c2cc(Cl)cs2)cs1)c1cnc(N2CCC(C(=O)O)CC2)c(Cl)c1. The van der Waals surface area contributed by atoms with Gasteiger partial charge in [0, 0.05) is 30.0 Å². The number of aliphatic carboxylic acids is 1. The zero-order valence-corrected chi connectivity index (χ0v) is 18.6. The summed E-state index contributed by atoms with van der Waals surface area (Å²) in [7, 11) is 0. The molecule has 1 fully saturated rings. The van der Waals surface area contributed by atoms with E-state index in [1.165, 1.54) is 28.9 Å². The second kappa shape index (κ2) is 8.89. The fourth-order valence-corrected chi connectivity index (χ4v) is 5.29. The van der Waals surface area contributed by atoms with Crippen LogP contribution >= 0.6 is 45.9 Å². The number of thiazole rings is 1. The smallest absolute Gasteiger partial charge is 0.306 e. The third-order valence-electron chi connectivity index (χ3n) is 4.77. The van der Waals surface area contributed by atoms with Gasteiger partial charge in [-0.15, -0.1) is 22.7 Å². The number of carboxylic acids is 1. The predicted molar refractivity (Wildman–Crippen MR) is 120 cm³/mol. The van der Waals surface area contributed by atoms with E-state index in [1.54, 1.807) is 6.07 Å². The summed E-state index contributed by atoms with van der Waals surface area (Å²) in [5.74, 6) is -0.902. The van der Waals surface area contributed by atoms with Crippen LogP contribution in [0.4, 0.5) is 10.9 Å². The van der Waals surface area contributed by atoms with E-state index in [1.807, 2.05) is 21.7 Å². The minimum atomic E-state index is -0.770. The van der Waals surface area contributed by atoms with Gasteiger partial charge in [-0.25, -0.2) is 9.97 Å². The normalized spacial score (nSPS) is 14.7. The van der Waals surface area contributed by atoms with Crippen LogP contribution in [-0.2, 0) is 4.79 Å². The first-order chi connectivity index (χ1) is 14.4. The van der Waals surface area contributed by atoms with Crippen molar-refractivity contribution in [2.24, 2.45) is 5.92 Å². The molecule has 7 nitrogen and oxygen atoms in total. The molecule has 1 aliphatic heterocycles. The van der Waals surface area contributed by atoms with Crippen molar-refractivity contribution in [3.05, 3.63) is 44.7 Å². The molecule has 0 aromatic carbocycles. The summed E-state index contributed by atoms with van der Waals surface area (Å²) in [5, 5.41) is 17.0. The van der Waals surface area contributed by atoms with Crippen molar-refractivity contribution < 1.29 is 14.7 Å². The Kier molecular flexibility index (Phi) is 6.24. The van der Waals surface area contributed by atoms with Crippen LogP contribution in [0.1, 0.15) is 23.2 Å². The molecule has 0 unspecified atom stereocenters. The molecule has 0 radical (unpaired) electrons. The molecule has 3 aromatic heterocycles. The third-order valence-corrected chi connectivity index (χ3v) is 7.11. The zero-order chi connectivity index (χ0) is 21.3. The highest BCUT2D eigenvalue weighted by Crippen LogP contribution is 2.32. The van der Waals surface area contributed by atoms with Gasteiger partial charge < -0.3 is 10.0 Å². The Morgan fingerprint density at radius 1 is 1.17 bits per heavy atom. The van der Waals surface area contributed by atoms with Gasteiger partial charge >= 0.3 is 5.97 Å². The number of piperidine rings is 1. The van der Waals surface area contributed by atoms with Crippen LogP contribution in [0.3, 0.4) is 0 Å². The lowest BCUT2D eigenvalue weighted by atomic mass is 9.97. The lowest BCUT2D eigenvalue weighted by molar-refractivity contribution is -0.142. The second-order valence-electron chi connectivity index (χ2n) is 6.75. The number of hydrogen-bond donors (Lipinski definition) is 2. The van der Waals surface area contributed by atoms with Crippen LogP contribution in [-0.4, -0.2) is 40.0 Å². The van der Waals surface area contributed by atoms with Gasteiger partial charge in [0.25, 0.3) is 5.91 Å². The van der Waals surface area contributed by atoms with Crippen LogP contribution in [0.5, 0.6) is 0 Å². The van der Waals surface area contributed by atoms with E-state index in [9.17, 15) is 9.59 Å². The molecule has 0 bridgehead atoms. The molecular formula is C19H16Cl2N4O3S2. The first kappa shape index (κ1) is 21.0. The molecule has 30 heavy (non-hydrogen) atoms. The number of anilines is 2. The lowest BCUT2D eigenvalue weighted by Crippen LogP contribution is -2.37. The maximum atomic E-state index is 12.6. The predicted octanol–water partition coefficient (Wildman–Crippen LogP) is 5.13. The number of pyridine rings is 1. The van der Waals surface area contributed by atoms with E-state index < -0.39 is 5.97 Å². The van der Waals surface area contributed by atoms with Gasteiger partial charge in [0.1, 0.15) is 5.82 Å². The number of nitrogens with zero attached hydrogens (tertiary/aromatic N) is 3. The third kappa shape index (κ3) is 4.59. The Morgan fingerprint density at radius 3 is 2.57 bits per heavy atom. The molecule has 1 amide bonds. The fraction of sp³-hybridized carbons (Fsp3) is 0.263. The Balaban J connectivity index is 1.42. The van der Waals surface area contributed by atoms with Crippen LogP contribution in [0, 0.1) is 5.92 Å². The molecule has 4 heterocycles. The van der Waals surface area contributed by atoms with Crippen molar-refractivity contribution >= 4 is 68.7 Å². The van der Waals surface area contributed by atoms with Crippen molar-refractivity contribution in [3.63, 3.8) is 0 Å². The number of aromatic nitrogens is 2. The maximum absolute atomic E-state index is 12.6. The average molecular weight is 483 g/mol. The number of thiophene rings is 1. The van der Waals surface area contributed by atoms with Crippen LogP contribution in [0.15, 0.2) is 29.1 Å². The van der Waals surface area contributed by atoms with E-state index in [-0.39, 0.29) is 11.8 Å². The number of carbonyl (C=O) groups excluding carboxylic acids is 1. The Bertz CT molecular complexity index is 1090. The van der Waals surface area contributed by atoms with Crippen LogP contribution in [0.25, 0.3) is 10.6 Å². The fourth-order valence-electron chi connectivity index (χ4n) is 3.19. The maximum Gasteiger partial charge on any atom is 0.306 e. The van der Waals surface area contributed by atoms with Crippen molar-refractivity contribution in [1.29, 1.82) is 0 Å². The first-order valence-electron chi connectivity index (χ1n) is 9.05. The molecule has 1 aliphatic rings. The van der Waals surface area contributed by atoms with Crippen LogP contribution < -0.4 is 10.2 Å². The molecule has 0 aliphatic carbocycles. The van der Waals surface area contributed by atoms with Crippen molar-refractivity contribution in [1.82, 2.24) is 9.97 Å². The summed E-state index contributed by atoms with van der Waals surface area (Å²) in [6, 6.07) is 3.39. The Labute approximate surface area is 190 Å². The standard InChI is InChI=1S/C19H16Cl2N4O3S2/c20-12-6-15(29-8-12)14-9-30-19(23-14)24-17(26)11-5-13(21)16(22-7-11)25-3-1-10(2-4-25)18(27)28/h5-10H,1-4H2,(H,27,28)(H,23,24,26). The number of hydrogen-bond acceptors (Lipinski definition) is 7. The van der Waals surface area contributed by atoms with E-state index in [2.05, 4.69) is 15.3 Å². The largest absolute Gasteiger partial charge is 0.481 e. The van der Waals surface area contributed by atoms with Gasteiger partial charge in [-0.3, -0.25) is 14.9 Å². The quantitative estimate of drug-likeness (QED) is 0.523. The second-order valence-corrected chi connectivity index (χ2v) is 9.36. The van der Waals surface area contributed by atoms with Gasteiger partial charge in [-0.05, 0) is 25.0 Å². The van der Waals surface area contributed by atoms with E-state index in [0.29, 0.717) is 52.5 Å². The average Bonchev–Trinajstić information content (AvgIpc) is 3.37. The van der Waals surface area contributed by atoms with Gasteiger partial charge in [0.2, 0.25) is 0 Å². The van der Waals surface area contributed by atoms with E-state index in [0.717, 1.165) is 10.6 Å². The van der Waals surface area contributed by atoms with E-state index >= 15 is 0 Å². The van der Waals surface area contributed by atoms with Gasteiger partial charge in [0.05, 0.1) is 32.1 Å². The van der Waals surface area contributed by atoms with Crippen molar-refractivity contribution in [2.45, 2.75) is 12.8 Å². The molecule has 1 saturated heterocycles. The summed E-state index contributed by atoms with van der Waals surface area (Å²) >= 11 is 15.1. The molecule has 2 N–H and O–H groups in total. The topological polar surface area (TPSA) is 95.4 Å². The number of rotatable bonds is 5. The van der Waals surface area contributed by atoms with Crippen LogP contribution in [0.2, 0.25) is 10.0 Å². The highest BCUT2D eigenvalue weighted by molar-refractivity contribution is 7.16. The highest BCUT2D eigenvalue weighted by atomic mass is 35.5. The van der Waals surface area contributed by atoms with Gasteiger partial charge in [0.15, 0.2) is 5.13 Å². The molecule has 0 atom stereocenters. The molecule has 0 saturated carbocycles. The molecule has 4 rings (SSSR count). The van der Waals surface area contributed by atoms with Crippen molar-refractivity contribution in [2.75, 3.05) is 23.3 Å². The number of amides is 1. The number of halogens is 2. The summed E-state index contributed by atoms with van der Waals surface area (Å²) in [4.78, 5) is 35.3. The van der Waals surface area contributed by atoms with Gasteiger partial charge in [-0.1, -0.05) is 23.2 Å². The number of carboxylic acid groups (broad SMARTS) is 1. The van der Waals surface area contributed by atoms with Crippen molar-refractivity contribution in [3.8, 4) is 10.6 Å². The first-order valence-corrected chi connectivity index (χ1v) is 11.6. The minimum Gasteiger partial charge on any atom is -0.481 e. The van der Waals surface area contributed by atoms with Gasteiger partial charge in [-0.2, -0.15) is 0 Å². The molecule has 3 aromatic rings. The molecule has 0 spiro atoms. The Morgan fingerprint density at radius 2 is 1.93 bits per heavy atom. The zero-order valence-electron chi connectivity index (χ0n) is 15.5.